The van der Waals surface area contributed by atoms with Crippen LogP contribution in [0.25, 0.3) is 10.2 Å². The number of fused-ring (bicyclic) bond motifs is 1. The monoisotopic (exact) mass is 480 g/mol. The lowest BCUT2D eigenvalue weighted by Crippen LogP contribution is -2.35. The highest BCUT2D eigenvalue weighted by Crippen LogP contribution is 2.64. The Morgan fingerprint density at radius 1 is 1.00 bits per heavy atom. The standard InChI is InChI=1S/C15H15ClN2O8P2S/c16-9-3-1-8(2-4-9)13(14(27(21,22)23)28(24,25)26)17-18-11-7-10(19)5-6-12(11)29-15(18)20/h1-7,13-14,17,19H,(H2,21,22,23)(H2,24,25,26). The van der Waals surface area contributed by atoms with Gasteiger partial charge in [-0.05, 0) is 29.8 Å². The van der Waals surface area contributed by atoms with E-state index in [-0.39, 0.29) is 16.8 Å². The zero-order chi connectivity index (χ0) is 21.6. The highest BCUT2D eigenvalue weighted by atomic mass is 35.5. The van der Waals surface area contributed by atoms with E-state index in [4.69, 9.17) is 11.6 Å². The van der Waals surface area contributed by atoms with E-state index in [0.717, 1.165) is 16.0 Å². The van der Waals surface area contributed by atoms with Gasteiger partial charge in [-0.2, -0.15) is 0 Å². The number of hydrogen-bond donors (Lipinski definition) is 6. The minimum Gasteiger partial charge on any atom is -0.508 e. The van der Waals surface area contributed by atoms with Crippen LogP contribution in [0.15, 0.2) is 47.3 Å². The predicted octanol–water partition coefficient (Wildman–Crippen LogP) is 2.39. The maximum atomic E-state index is 12.4. The minimum absolute atomic E-state index is 0.0810. The number of benzene rings is 2. The van der Waals surface area contributed by atoms with Gasteiger partial charge in [-0.15, -0.1) is 0 Å². The molecule has 156 valence electrons. The molecule has 1 aromatic heterocycles. The molecule has 0 aliphatic rings. The van der Waals surface area contributed by atoms with Crippen molar-refractivity contribution in [3.8, 4) is 5.75 Å². The van der Waals surface area contributed by atoms with Crippen LogP contribution >= 0.6 is 38.1 Å². The minimum atomic E-state index is -5.35. The van der Waals surface area contributed by atoms with Gasteiger partial charge in [-0.3, -0.25) is 13.9 Å². The van der Waals surface area contributed by atoms with Crippen LogP contribution < -0.4 is 10.3 Å². The number of rotatable bonds is 6. The predicted molar refractivity (Wildman–Crippen MR) is 109 cm³/mol. The summed E-state index contributed by atoms with van der Waals surface area (Å²) in [6.45, 7) is 0. The Balaban J connectivity index is 2.22. The third kappa shape index (κ3) is 4.74. The third-order valence-electron chi connectivity index (χ3n) is 4.05. The molecule has 0 fully saturated rings. The highest BCUT2D eigenvalue weighted by molar-refractivity contribution is 7.71. The van der Waals surface area contributed by atoms with Crippen molar-refractivity contribution in [2.45, 2.75) is 11.4 Å². The molecule has 0 aliphatic heterocycles. The number of phenols is 1. The summed E-state index contributed by atoms with van der Waals surface area (Å²) in [5.74, 6) is -0.171. The molecule has 1 atom stereocenters. The molecule has 10 nitrogen and oxygen atoms in total. The fourth-order valence-corrected chi connectivity index (χ4v) is 6.60. The smallest absolute Gasteiger partial charge is 0.343 e. The topological polar surface area (TPSA) is 169 Å². The molecule has 0 radical (unpaired) electrons. The second-order valence-electron chi connectivity index (χ2n) is 6.11. The SMILES string of the molecule is O=c1sc2ccc(O)cc2n1NC(c1ccc(Cl)cc1)C(P(=O)(O)O)P(=O)(O)O. The Labute approximate surface area is 172 Å². The summed E-state index contributed by atoms with van der Waals surface area (Å²) in [5.41, 5.74) is 2.78. The molecular formula is C15H15ClN2O8P2S. The van der Waals surface area contributed by atoms with Gasteiger partial charge in [0.25, 0.3) is 0 Å². The number of halogens is 1. The van der Waals surface area contributed by atoms with Crippen LogP contribution in [0, 0.1) is 0 Å². The number of thiazole rings is 1. The molecule has 14 heteroatoms. The fourth-order valence-electron chi connectivity index (χ4n) is 2.83. The summed E-state index contributed by atoms with van der Waals surface area (Å²) < 4.78 is 25.3. The molecule has 0 bridgehead atoms. The maximum absolute atomic E-state index is 12.4. The van der Waals surface area contributed by atoms with Crippen molar-refractivity contribution >= 4 is 48.3 Å². The molecule has 1 heterocycles. The van der Waals surface area contributed by atoms with Crippen molar-refractivity contribution in [1.82, 2.24) is 4.68 Å². The van der Waals surface area contributed by atoms with Crippen molar-refractivity contribution in [2.75, 3.05) is 5.43 Å². The van der Waals surface area contributed by atoms with Crippen molar-refractivity contribution in [1.29, 1.82) is 0 Å². The van der Waals surface area contributed by atoms with Gasteiger partial charge in [0.1, 0.15) is 5.75 Å². The van der Waals surface area contributed by atoms with E-state index in [1.54, 1.807) is 0 Å². The van der Waals surface area contributed by atoms with Crippen LogP contribution in [0.2, 0.25) is 5.02 Å². The van der Waals surface area contributed by atoms with Crippen LogP contribution in [0.4, 0.5) is 0 Å². The lowest BCUT2D eigenvalue weighted by molar-refractivity contribution is 0.330. The quantitative estimate of drug-likeness (QED) is 0.290. The number of nitrogens with zero attached hydrogens (tertiary/aromatic N) is 1. The molecule has 0 aliphatic carbocycles. The lowest BCUT2D eigenvalue weighted by Gasteiger charge is -2.30. The number of nitrogens with one attached hydrogen (secondary N) is 1. The van der Waals surface area contributed by atoms with Crippen LogP contribution in [-0.2, 0) is 9.13 Å². The molecule has 0 saturated heterocycles. The van der Waals surface area contributed by atoms with Gasteiger partial charge in [0.2, 0.25) is 0 Å². The van der Waals surface area contributed by atoms with Crippen LogP contribution in [0.5, 0.6) is 5.75 Å². The average molecular weight is 481 g/mol. The zero-order valence-electron chi connectivity index (χ0n) is 14.3. The van der Waals surface area contributed by atoms with Gasteiger partial charge in [0.15, 0.2) is 5.40 Å². The summed E-state index contributed by atoms with van der Waals surface area (Å²) in [6, 6.07) is 7.81. The Bertz CT molecular complexity index is 1180. The summed E-state index contributed by atoms with van der Waals surface area (Å²) in [5, 5.41) is 7.53. The molecular weight excluding hydrogens is 466 g/mol. The van der Waals surface area contributed by atoms with Crippen molar-refractivity contribution in [3.05, 3.63) is 62.7 Å². The molecule has 3 rings (SSSR count). The summed E-state index contributed by atoms with van der Waals surface area (Å²) in [7, 11) is -10.7. The molecule has 2 aromatic carbocycles. The van der Waals surface area contributed by atoms with Crippen LogP contribution in [0.3, 0.4) is 0 Å². The Morgan fingerprint density at radius 2 is 1.59 bits per heavy atom. The molecule has 29 heavy (non-hydrogen) atoms. The first-order valence-electron chi connectivity index (χ1n) is 7.85. The Kier molecular flexibility index (Phi) is 5.97. The summed E-state index contributed by atoms with van der Waals surface area (Å²) in [6.07, 6.45) is 0. The summed E-state index contributed by atoms with van der Waals surface area (Å²) in [4.78, 5) is 50.5. The first-order valence-corrected chi connectivity index (χ1v) is 12.4. The molecule has 6 N–H and O–H groups in total. The number of aromatic nitrogens is 1. The highest BCUT2D eigenvalue weighted by Gasteiger charge is 2.50. The van der Waals surface area contributed by atoms with E-state index >= 15 is 0 Å². The van der Waals surface area contributed by atoms with Gasteiger partial charge < -0.3 is 30.1 Å². The van der Waals surface area contributed by atoms with E-state index in [9.17, 15) is 38.6 Å². The van der Waals surface area contributed by atoms with E-state index < -0.39 is 31.5 Å². The largest absolute Gasteiger partial charge is 0.508 e. The molecule has 0 spiro atoms. The second kappa shape index (κ2) is 7.86. The van der Waals surface area contributed by atoms with E-state index in [1.165, 1.54) is 42.5 Å². The molecule has 0 saturated carbocycles. The lowest BCUT2D eigenvalue weighted by atomic mass is 10.1. The van der Waals surface area contributed by atoms with E-state index in [0.29, 0.717) is 9.72 Å². The Morgan fingerprint density at radius 3 is 2.14 bits per heavy atom. The van der Waals surface area contributed by atoms with E-state index in [1.807, 2.05) is 0 Å². The number of phenolic OH excluding ortho intramolecular Hbond substituents is 1. The zero-order valence-corrected chi connectivity index (χ0v) is 17.6. The number of aromatic hydroxyl groups is 1. The normalized spacial score (nSPS) is 13.7. The van der Waals surface area contributed by atoms with Gasteiger partial charge in [0.05, 0.1) is 16.3 Å². The van der Waals surface area contributed by atoms with Crippen molar-refractivity contribution in [3.63, 3.8) is 0 Å². The van der Waals surface area contributed by atoms with Gasteiger partial charge in [0, 0.05) is 11.1 Å². The first kappa shape index (κ1) is 22.0. The Hall–Kier alpha value is -1.68. The third-order valence-corrected chi connectivity index (χ3v) is 9.00. The van der Waals surface area contributed by atoms with E-state index in [2.05, 4.69) is 5.43 Å². The maximum Gasteiger partial charge on any atom is 0.343 e. The van der Waals surface area contributed by atoms with Crippen LogP contribution in [0.1, 0.15) is 11.6 Å². The molecule has 0 amide bonds. The summed E-state index contributed by atoms with van der Waals surface area (Å²) >= 11 is 6.61. The average Bonchev–Trinajstić information content (AvgIpc) is 2.88. The second-order valence-corrected chi connectivity index (χ2v) is 11.4. The van der Waals surface area contributed by atoms with Crippen molar-refractivity contribution in [2.24, 2.45) is 0 Å². The molecule has 3 aromatic rings. The van der Waals surface area contributed by atoms with Gasteiger partial charge >= 0.3 is 20.1 Å². The number of hydrogen-bond acceptors (Lipinski definition) is 6. The van der Waals surface area contributed by atoms with Gasteiger partial charge in [-0.1, -0.05) is 35.1 Å². The molecule has 1 unspecified atom stereocenters. The van der Waals surface area contributed by atoms with Crippen molar-refractivity contribution < 1.29 is 33.8 Å². The van der Waals surface area contributed by atoms with Gasteiger partial charge in [-0.25, -0.2) is 4.68 Å². The van der Waals surface area contributed by atoms with Crippen LogP contribution in [-0.4, -0.2) is 34.8 Å². The first-order chi connectivity index (χ1) is 13.4. The fraction of sp³-hybridized carbons (Fsp3) is 0.133.